The predicted molar refractivity (Wildman–Crippen MR) is 124 cm³/mol. The third-order valence-electron chi connectivity index (χ3n) is 8.15. The van der Waals surface area contributed by atoms with Crippen LogP contribution in [0.1, 0.15) is 103 Å². The fourth-order valence-corrected chi connectivity index (χ4v) is 90.1. The van der Waals surface area contributed by atoms with E-state index in [1.807, 2.05) is 0 Å². The molecule has 0 saturated carbocycles. The zero-order valence-electron chi connectivity index (χ0n) is 20.6. The topological polar surface area (TPSA) is 9.23 Å². The monoisotopic (exact) mass is 490 g/mol. The number of hydrogen-bond acceptors (Lipinski definition) is 1. The van der Waals surface area contributed by atoms with Crippen molar-refractivity contribution in [3.8, 4) is 0 Å². The Morgan fingerprint density at radius 2 is 1.04 bits per heavy atom. The minimum atomic E-state index is -2.66. The molecule has 0 unspecified atom stereocenters. The van der Waals surface area contributed by atoms with Gasteiger partial charge in [0.2, 0.25) is 0 Å². The molecule has 0 N–H and O–H groups in total. The summed E-state index contributed by atoms with van der Waals surface area (Å²) in [7, 11) is 0. The quantitative estimate of drug-likeness (QED) is 0.362. The second-order valence-electron chi connectivity index (χ2n) is 12.4. The van der Waals surface area contributed by atoms with Gasteiger partial charge < -0.3 is 0 Å². The second kappa shape index (κ2) is 7.71. The molecule has 0 bridgehead atoms. The maximum atomic E-state index is 7.85. The van der Waals surface area contributed by atoms with Gasteiger partial charge in [-0.15, -0.1) is 0 Å². The maximum absolute atomic E-state index is 7.85. The fraction of sp³-hybridized carbons (Fsp3) is 1.00. The molecule has 26 heavy (non-hydrogen) atoms. The van der Waals surface area contributed by atoms with Gasteiger partial charge >= 0.3 is 171 Å². The van der Waals surface area contributed by atoms with Gasteiger partial charge in [-0.25, -0.2) is 0 Å². The van der Waals surface area contributed by atoms with Gasteiger partial charge in [-0.3, -0.25) is 0 Å². The number of rotatable bonds is 4. The first-order valence-corrected chi connectivity index (χ1v) is 24.5. The van der Waals surface area contributed by atoms with E-state index in [-0.39, 0.29) is 5.60 Å². The molecule has 1 rings (SSSR count). The Balaban J connectivity index is 3.91. The summed E-state index contributed by atoms with van der Waals surface area (Å²) in [4.78, 5) is 0. The van der Waals surface area contributed by atoms with Gasteiger partial charge in [-0.05, 0) is 0 Å². The molecular formula is C23H50Ge2O. The van der Waals surface area contributed by atoms with Crippen LogP contribution in [0.25, 0.3) is 0 Å². The Hall–Kier alpha value is 1.05. The Morgan fingerprint density at radius 3 is 1.27 bits per heavy atom. The molecule has 1 heterocycles. The Bertz CT molecular complexity index is 447. The molecule has 0 spiro atoms. The molecule has 0 aromatic rings. The van der Waals surface area contributed by atoms with Crippen molar-refractivity contribution in [1.29, 1.82) is 0 Å². The summed E-state index contributed by atoms with van der Waals surface area (Å²) in [6.45, 7) is 35.3. The molecule has 1 fully saturated rings. The van der Waals surface area contributed by atoms with Crippen molar-refractivity contribution in [2.75, 3.05) is 0 Å². The van der Waals surface area contributed by atoms with Crippen LogP contribution < -0.4 is 0 Å². The molecule has 0 aromatic heterocycles. The molecule has 1 aliphatic heterocycles. The molecule has 0 aliphatic carbocycles. The van der Waals surface area contributed by atoms with Crippen molar-refractivity contribution < 1.29 is 3.76 Å². The summed E-state index contributed by atoms with van der Waals surface area (Å²) in [5.41, 5.74) is 0.0970. The van der Waals surface area contributed by atoms with Crippen molar-refractivity contribution in [3.05, 3.63) is 0 Å². The minimum absolute atomic E-state index is 0.0970. The summed E-state index contributed by atoms with van der Waals surface area (Å²) in [5.74, 6) is 1.20. The van der Waals surface area contributed by atoms with E-state index in [1.54, 1.807) is 0 Å². The van der Waals surface area contributed by atoms with Crippen molar-refractivity contribution in [2.24, 2.45) is 11.8 Å². The van der Waals surface area contributed by atoms with E-state index < -0.39 is 22.9 Å². The van der Waals surface area contributed by atoms with E-state index in [2.05, 4.69) is 96.9 Å². The zero-order valence-corrected chi connectivity index (χ0v) is 24.8. The van der Waals surface area contributed by atoms with Gasteiger partial charge in [0.25, 0.3) is 0 Å². The van der Waals surface area contributed by atoms with Gasteiger partial charge in [0.1, 0.15) is 0 Å². The van der Waals surface area contributed by atoms with Crippen LogP contribution in [0.15, 0.2) is 0 Å². The van der Waals surface area contributed by atoms with Gasteiger partial charge in [0.15, 0.2) is 0 Å². The molecule has 1 saturated heterocycles. The van der Waals surface area contributed by atoms with E-state index in [1.165, 1.54) is 11.7 Å². The molecule has 0 radical (unpaired) electrons. The van der Waals surface area contributed by atoms with E-state index in [0.717, 1.165) is 9.50 Å². The van der Waals surface area contributed by atoms with Crippen molar-refractivity contribution in [1.82, 2.24) is 0 Å². The molecule has 1 nitrogen and oxygen atoms in total. The molecule has 0 aromatic carbocycles. The van der Waals surface area contributed by atoms with Crippen molar-refractivity contribution >= 4 is 22.9 Å². The molecule has 0 atom stereocenters. The van der Waals surface area contributed by atoms with Crippen LogP contribution in [-0.2, 0) is 3.76 Å². The van der Waals surface area contributed by atoms with Crippen molar-refractivity contribution in [2.45, 2.75) is 132 Å². The van der Waals surface area contributed by atoms with Crippen LogP contribution in [0.5, 0.6) is 0 Å². The normalized spacial score (nSPS) is 23.3. The average Bonchev–Trinajstić information content (AvgIpc) is 2.42. The Kier molecular flexibility index (Phi) is 7.43. The van der Waals surface area contributed by atoms with Crippen LogP contribution in [-0.4, -0.2) is 28.5 Å². The molecule has 0 amide bonds. The predicted octanol–water partition coefficient (Wildman–Crippen LogP) is 8.35. The Labute approximate surface area is 170 Å². The third kappa shape index (κ3) is 3.42. The average molecular weight is 488 g/mol. The first kappa shape index (κ1) is 25.1. The summed E-state index contributed by atoms with van der Waals surface area (Å²) in [6.07, 6.45) is 1.29. The van der Waals surface area contributed by atoms with Gasteiger partial charge in [-0.2, -0.15) is 0 Å². The summed E-state index contributed by atoms with van der Waals surface area (Å²) < 4.78 is 10.2. The molecule has 1 aliphatic rings. The number of hydrogen-bond donors (Lipinski definition) is 0. The van der Waals surface area contributed by atoms with E-state index in [4.69, 9.17) is 3.76 Å². The van der Waals surface area contributed by atoms with Gasteiger partial charge in [0, 0.05) is 0 Å². The van der Waals surface area contributed by atoms with E-state index >= 15 is 0 Å². The summed E-state index contributed by atoms with van der Waals surface area (Å²) in [6, 6.07) is 0. The molecule has 3 heteroatoms. The summed E-state index contributed by atoms with van der Waals surface area (Å²) >= 11 is -5.07. The zero-order chi connectivity index (χ0) is 20.9. The van der Waals surface area contributed by atoms with Crippen LogP contribution in [0.2, 0.25) is 23.2 Å². The second-order valence-corrected chi connectivity index (χ2v) is 49.9. The first-order chi connectivity index (χ1) is 11.4. The molecule has 156 valence electrons. The van der Waals surface area contributed by atoms with Crippen LogP contribution in [0, 0.1) is 11.8 Å². The Morgan fingerprint density at radius 1 is 0.692 bits per heavy atom. The molecular weight excluding hydrogens is 437 g/mol. The van der Waals surface area contributed by atoms with Gasteiger partial charge in [-0.1, -0.05) is 0 Å². The van der Waals surface area contributed by atoms with E-state index in [0.29, 0.717) is 20.3 Å². The van der Waals surface area contributed by atoms with Crippen LogP contribution >= 0.6 is 0 Å². The van der Waals surface area contributed by atoms with Crippen LogP contribution in [0.3, 0.4) is 0 Å². The standard InChI is InChI=1S/C23H50Ge2O/c1-17(2)23(18(3)4)15-16-24(21(9,10)11,22(12,13)14)25(26-23,19(5)6)20(7)8/h17-20H,15-16H2,1-14H3. The summed E-state index contributed by atoms with van der Waals surface area (Å²) in [5, 5.41) is 1.51. The SMILES string of the molecule is CC(C)C1(C(C)C)C[CH2][Ge]([C](C)(C)C)([C](C)(C)C)[Ge]([CH](C)C)([CH](C)C)[O]1. The fourth-order valence-electron chi connectivity index (χ4n) is 7.45. The third-order valence-corrected chi connectivity index (χ3v) is 79.8. The van der Waals surface area contributed by atoms with Crippen LogP contribution in [0.4, 0.5) is 0 Å². The van der Waals surface area contributed by atoms with E-state index in [9.17, 15) is 0 Å². The van der Waals surface area contributed by atoms with Crippen molar-refractivity contribution in [3.63, 3.8) is 0 Å². The van der Waals surface area contributed by atoms with Gasteiger partial charge in [0.05, 0.1) is 0 Å². The first-order valence-electron chi connectivity index (χ1n) is 11.1.